The van der Waals surface area contributed by atoms with Crippen molar-refractivity contribution in [3.63, 3.8) is 0 Å². The normalized spacial score (nSPS) is 12.9. The molecule has 1 aromatic heterocycles. The maximum absolute atomic E-state index is 12.2. The standard InChI is InChI=1S/C22H42N6O2.HI/c1-15(2)19(25-21(29)30-22(5,6)7)12-14-27(9)20(23-8)24-13-11-18-16(3)26-28(10)17(18)4;/h15,19H,11-14H2,1-10H3,(H,23,24)(H,25,29);1H. The molecule has 1 aromatic rings. The van der Waals surface area contributed by atoms with Crippen LogP contribution < -0.4 is 10.6 Å². The average molecular weight is 551 g/mol. The zero-order valence-electron chi connectivity index (χ0n) is 21.0. The monoisotopic (exact) mass is 550 g/mol. The Kier molecular flexibility index (Phi) is 12.5. The van der Waals surface area contributed by atoms with Crippen LogP contribution in [0, 0.1) is 19.8 Å². The maximum Gasteiger partial charge on any atom is 0.407 e. The Labute approximate surface area is 205 Å². The Hall–Kier alpha value is -1.52. The van der Waals surface area contributed by atoms with E-state index in [1.807, 2.05) is 46.5 Å². The van der Waals surface area contributed by atoms with Crippen molar-refractivity contribution in [1.29, 1.82) is 0 Å². The van der Waals surface area contributed by atoms with E-state index >= 15 is 0 Å². The largest absolute Gasteiger partial charge is 0.444 e. The zero-order chi connectivity index (χ0) is 23.1. The van der Waals surface area contributed by atoms with Gasteiger partial charge < -0.3 is 20.3 Å². The summed E-state index contributed by atoms with van der Waals surface area (Å²) < 4.78 is 7.33. The van der Waals surface area contributed by atoms with Gasteiger partial charge in [0.25, 0.3) is 0 Å². The Bertz CT molecular complexity index is 724. The number of hydrogen-bond donors (Lipinski definition) is 2. The molecule has 0 aliphatic rings. The fourth-order valence-electron chi connectivity index (χ4n) is 3.33. The SMILES string of the molecule is CN=C(NCCc1c(C)nn(C)c1C)N(C)CCC(NC(=O)OC(C)(C)C)C(C)C.I. The number of hydrogen-bond acceptors (Lipinski definition) is 4. The van der Waals surface area contributed by atoms with E-state index in [4.69, 9.17) is 4.74 Å². The van der Waals surface area contributed by atoms with Gasteiger partial charge in [0, 0.05) is 46.0 Å². The lowest BCUT2D eigenvalue weighted by Gasteiger charge is -2.28. The zero-order valence-corrected chi connectivity index (χ0v) is 23.3. The number of guanidine groups is 1. The lowest BCUT2D eigenvalue weighted by molar-refractivity contribution is 0.0486. The van der Waals surface area contributed by atoms with Crippen molar-refractivity contribution < 1.29 is 9.53 Å². The van der Waals surface area contributed by atoms with Crippen LogP contribution in [-0.2, 0) is 18.2 Å². The summed E-state index contributed by atoms with van der Waals surface area (Å²) in [6, 6.07) is 0.0288. The maximum atomic E-state index is 12.2. The van der Waals surface area contributed by atoms with Gasteiger partial charge >= 0.3 is 6.09 Å². The van der Waals surface area contributed by atoms with Gasteiger partial charge in [-0.25, -0.2) is 4.79 Å². The van der Waals surface area contributed by atoms with E-state index < -0.39 is 5.60 Å². The minimum atomic E-state index is -0.501. The molecule has 1 atom stereocenters. The molecule has 0 spiro atoms. The number of halogens is 1. The number of amides is 1. The van der Waals surface area contributed by atoms with Crippen molar-refractivity contribution >= 4 is 36.0 Å². The second-order valence-electron chi connectivity index (χ2n) is 9.20. The molecule has 1 heterocycles. The van der Waals surface area contributed by atoms with E-state index in [9.17, 15) is 4.79 Å². The molecule has 2 N–H and O–H groups in total. The Morgan fingerprint density at radius 1 is 1.29 bits per heavy atom. The molecule has 1 unspecified atom stereocenters. The summed E-state index contributed by atoms with van der Waals surface area (Å²) in [6.45, 7) is 15.5. The molecule has 0 saturated heterocycles. The van der Waals surface area contributed by atoms with Crippen molar-refractivity contribution in [2.24, 2.45) is 18.0 Å². The number of alkyl carbamates (subject to hydrolysis) is 1. The third-order valence-corrected chi connectivity index (χ3v) is 5.17. The van der Waals surface area contributed by atoms with Gasteiger partial charge in [-0.2, -0.15) is 5.10 Å². The average Bonchev–Trinajstić information content (AvgIpc) is 2.85. The first-order valence-corrected chi connectivity index (χ1v) is 10.8. The van der Waals surface area contributed by atoms with Crippen LogP contribution in [0.25, 0.3) is 0 Å². The summed E-state index contributed by atoms with van der Waals surface area (Å²) in [5, 5.41) is 10.9. The van der Waals surface area contributed by atoms with Crippen molar-refractivity contribution in [3.8, 4) is 0 Å². The number of rotatable bonds is 8. The summed E-state index contributed by atoms with van der Waals surface area (Å²) in [4.78, 5) is 18.6. The molecule has 9 heteroatoms. The molecular weight excluding hydrogens is 507 g/mol. The molecule has 31 heavy (non-hydrogen) atoms. The number of aromatic nitrogens is 2. The van der Waals surface area contributed by atoms with Crippen LogP contribution in [0.15, 0.2) is 4.99 Å². The second kappa shape index (κ2) is 13.1. The highest BCUT2D eigenvalue weighted by molar-refractivity contribution is 14.0. The van der Waals surface area contributed by atoms with E-state index in [-0.39, 0.29) is 36.1 Å². The van der Waals surface area contributed by atoms with E-state index in [0.29, 0.717) is 5.92 Å². The Morgan fingerprint density at radius 3 is 2.35 bits per heavy atom. The number of nitrogens with zero attached hydrogens (tertiary/aromatic N) is 4. The molecule has 0 saturated carbocycles. The smallest absolute Gasteiger partial charge is 0.407 e. The van der Waals surface area contributed by atoms with Crippen molar-refractivity contribution in [3.05, 3.63) is 17.0 Å². The predicted molar refractivity (Wildman–Crippen MR) is 138 cm³/mol. The Morgan fingerprint density at radius 2 is 1.90 bits per heavy atom. The fourth-order valence-corrected chi connectivity index (χ4v) is 3.33. The molecule has 8 nitrogen and oxygen atoms in total. The van der Waals surface area contributed by atoms with E-state index in [2.05, 4.69) is 46.4 Å². The van der Waals surface area contributed by atoms with Crippen LogP contribution in [0.3, 0.4) is 0 Å². The highest BCUT2D eigenvalue weighted by atomic mass is 127. The minimum absolute atomic E-state index is 0. The first-order chi connectivity index (χ1) is 13.9. The Balaban J connectivity index is 0.00000900. The molecule has 1 amide bonds. The lowest BCUT2D eigenvalue weighted by atomic mass is 10.0. The number of aryl methyl sites for hydroxylation is 2. The number of carbonyl (C=O) groups excluding carboxylic acids is 1. The van der Waals surface area contributed by atoms with Gasteiger partial charge in [-0.1, -0.05) is 13.8 Å². The summed E-state index contributed by atoms with van der Waals surface area (Å²) in [5.41, 5.74) is 3.06. The molecular formula is C22H43IN6O2. The molecule has 0 aliphatic carbocycles. The van der Waals surface area contributed by atoms with Crippen molar-refractivity contribution in [2.75, 3.05) is 27.2 Å². The fraction of sp³-hybridized carbons (Fsp3) is 0.773. The van der Waals surface area contributed by atoms with Crippen LogP contribution >= 0.6 is 24.0 Å². The van der Waals surface area contributed by atoms with Gasteiger partial charge in [-0.3, -0.25) is 9.67 Å². The van der Waals surface area contributed by atoms with Crippen molar-refractivity contribution in [2.45, 2.75) is 73.0 Å². The van der Waals surface area contributed by atoms with Gasteiger partial charge in [-0.15, -0.1) is 24.0 Å². The van der Waals surface area contributed by atoms with Crippen LogP contribution in [-0.4, -0.2) is 65.6 Å². The number of nitrogens with one attached hydrogen (secondary N) is 2. The summed E-state index contributed by atoms with van der Waals surface area (Å²) in [7, 11) is 5.78. The number of ether oxygens (including phenoxy) is 1. The number of carbonyl (C=O) groups is 1. The van der Waals surface area contributed by atoms with Crippen LogP contribution in [0.1, 0.15) is 58.0 Å². The highest BCUT2D eigenvalue weighted by Gasteiger charge is 2.22. The number of aliphatic imine (C=N–C) groups is 1. The van der Waals surface area contributed by atoms with E-state index in [0.717, 1.165) is 37.6 Å². The highest BCUT2D eigenvalue weighted by Crippen LogP contribution is 2.13. The first-order valence-electron chi connectivity index (χ1n) is 10.8. The minimum Gasteiger partial charge on any atom is -0.444 e. The van der Waals surface area contributed by atoms with Gasteiger partial charge in [-0.05, 0) is 58.9 Å². The molecule has 0 aliphatic heterocycles. The molecule has 1 rings (SSSR count). The summed E-state index contributed by atoms with van der Waals surface area (Å²) >= 11 is 0. The van der Waals surface area contributed by atoms with E-state index in [1.165, 1.54) is 11.3 Å². The lowest BCUT2D eigenvalue weighted by Crippen LogP contribution is -2.45. The summed E-state index contributed by atoms with van der Waals surface area (Å²) in [6.07, 6.45) is 1.33. The van der Waals surface area contributed by atoms with Gasteiger partial charge in [0.2, 0.25) is 0 Å². The van der Waals surface area contributed by atoms with Gasteiger partial charge in [0.05, 0.1) is 5.69 Å². The quantitative estimate of drug-likeness (QED) is 0.294. The molecule has 180 valence electrons. The topological polar surface area (TPSA) is 83.8 Å². The van der Waals surface area contributed by atoms with Crippen LogP contribution in [0.5, 0.6) is 0 Å². The van der Waals surface area contributed by atoms with Crippen LogP contribution in [0.4, 0.5) is 4.79 Å². The first kappa shape index (κ1) is 29.5. The molecule has 0 fully saturated rings. The van der Waals surface area contributed by atoms with Crippen molar-refractivity contribution in [1.82, 2.24) is 25.3 Å². The molecule has 0 bridgehead atoms. The molecule has 0 aromatic carbocycles. The third-order valence-electron chi connectivity index (χ3n) is 5.17. The second-order valence-corrected chi connectivity index (χ2v) is 9.20. The van der Waals surface area contributed by atoms with Gasteiger partial charge in [0.15, 0.2) is 5.96 Å². The van der Waals surface area contributed by atoms with E-state index in [1.54, 1.807) is 7.05 Å². The van der Waals surface area contributed by atoms with Gasteiger partial charge in [0.1, 0.15) is 5.60 Å². The predicted octanol–water partition coefficient (Wildman–Crippen LogP) is 3.64. The third kappa shape index (κ3) is 10.1. The van der Waals surface area contributed by atoms with Crippen LogP contribution in [0.2, 0.25) is 0 Å². The molecule has 0 radical (unpaired) electrons. The summed E-state index contributed by atoms with van der Waals surface area (Å²) in [5.74, 6) is 1.14.